The minimum absolute atomic E-state index is 0.129. The lowest BCUT2D eigenvalue weighted by atomic mass is 10.2. The number of hydrogen-bond acceptors (Lipinski definition) is 5. The number of nitro groups is 1. The lowest BCUT2D eigenvalue weighted by Gasteiger charge is -2.06. The molecule has 0 atom stereocenters. The van der Waals surface area contributed by atoms with E-state index in [1.54, 1.807) is 12.1 Å². The molecule has 0 bridgehead atoms. The highest BCUT2D eigenvalue weighted by molar-refractivity contribution is 9.11. The summed E-state index contributed by atoms with van der Waals surface area (Å²) in [6.07, 6.45) is 0. The number of hydrazine groups is 1. The molecule has 2 rings (SSSR count). The molecule has 0 unspecified atom stereocenters. The van der Waals surface area contributed by atoms with E-state index >= 15 is 0 Å². The first-order valence-corrected chi connectivity index (χ1v) is 7.19. The Bertz CT molecular complexity index is 716. The van der Waals surface area contributed by atoms with E-state index in [0.29, 0.717) is 4.88 Å². The Morgan fingerprint density at radius 2 is 1.76 bits per heavy atom. The zero-order chi connectivity index (χ0) is 15.4. The van der Waals surface area contributed by atoms with Gasteiger partial charge in [0.2, 0.25) is 0 Å². The largest absolute Gasteiger partial charge is 0.282 e. The van der Waals surface area contributed by atoms with Gasteiger partial charge in [-0.05, 0) is 34.1 Å². The monoisotopic (exact) mass is 369 g/mol. The molecule has 0 aliphatic rings. The molecule has 0 saturated heterocycles. The average molecular weight is 370 g/mol. The number of nitrogens with zero attached hydrogens (tertiary/aromatic N) is 1. The molecule has 2 aromatic rings. The zero-order valence-electron chi connectivity index (χ0n) is 10.3. The van der Waals surface area contributed by atoms with Gasteiger partial charge in [-0.15, -0.1) is 11.3 Å². The Balaban J connectivity index is 2.06. The van der Waals surface area contributed by atoms with Crippen LogP contribution in [0, 0.1) is 10.1 Å². The smallest absolute Gasteiger partial charge is 0.267 e. The molecule has 108 valence electrons. The second-order valence-electron chi connectivity index (χ2n) is 3.79. The Hall–Kier alpha value is -2.26. The number of nitro benzene ring substituents is 1. The summed E-state index contributed by atoms with van der Waals surface area (Å²) in [5.74, 6) is -1.26. The Labute approximate surface area is 131 Å². The van der Waals surface area contributed by atoms with E-state index in [0.717, 1.165) is 3.79 Å². The summed E-state index contributed by atoms with van der Waals surface area (Å²) in [7, 11) is 0. The van der Waals surface area contributed by atoms with Crippen LogP contribution in [0.5, 0.6) is 0 Å². The van der Waals surface area contributed by atoms with Crippen LogP contribution in [0.3, 0.4) is 0 Å². The molecule has 0 fully saturated rings. The van der Waals surface area contributed by atoms with Gasteiger partial charge in [-0.1, -0.05) is 12.1 Å². The summed E-state index contributed by atoms with van der Waals surface area (Å²) < 4.78 is 0.776. The van der Waals surface area contributed by atoms with Crippen molar-refractivity contribution in [1.29, 1.82) is 0 Å². The summed E-state index contributed by atoms with van der Waals surface area (Å²) >= 11 is 4.42. The van der Waals surface area contributed by atoms with E-state index in [-0.39, 0.29) is 11.3 Å². The first-order chi connectivity index (χ1) is 9.99. The summed E-state index contributed by atoms with van der Waals surface area (Å²) in [4.78, 5) is 34.2. The van der Waals surface area contributed by atoms with E-state index in [1.165, 1.54) is 35.6 Å². The minimum atomic E-state index is -0.758. The van der Waals surface area contributed by atoms with Gasteiger partial charge in [0.05, 0.1) is 13.6 Å². The molecule has 21 heavy (non-hydrogen) atoms. The highest BCUT2D eigenvalue weighted by Gasteiger charge is 2.19. The summed E-state index contributed by atoms with van der Waals surface area (Å²) in [6, 6.07) is 8.76. The van der Waals surface area contributed by atoms with Crippen LogP contribution in [-0.4, -0.2) is 16.7 Å². The van der Waals surface area contributed by atoms with Crippen LogP contribution in [0.25, 0.3) is 0 Å². The second-order valence-corrected chi connectivity index (χ2v) is 6.25. The Morgan fingerprint density at radius 1 is 1.10 bits per heavy atom. The van der Waals surface area contributed by atoms with E-state index in [9.17, 15) is 19.7 Å². The topological polar surface area (TPSA) is 101 Å². The Morgan fingerprint density at radius 3 is 2.38 bits per heavy atom. The molecule has 0 spiro atoms. The first-order valence-electron chi connectivity index (χ1n) is 5.58. The summed E-state index contributed by atoms with van der Waals surface area (Å²) in [5.41, 5.74) is 3.90. The number of carbonyl (C=O) groups is 2. The predicted octanol–water partition coefficient (Wildman–Crippen LogP) is 2.49. The molecule has 9 heteroatoms. The van der Waals surface area contributed by atoms with Crippen molar-refractivity contribution in [3.05, 3.63) is 60.7 Å². The number of benzene rings is 1. The molecule has 1 aromatic heterocycles. The van der Waals surface area contributed by atoms with Crippen LogP contribution in [0.15, 0.2) is 40.2 Å². The number of rotatable bonds is 3. The van der Waals surface area contributed by atoms with Crippen LogP contribution in [-0.2, 0) is 0 Å². The third-order valence-corrected chi connectivity index (χ3v) is 4.05. The van der Waals surface area contributed by atoms with E-state index in [4.69, 9.17) is 0 Å². The third-order valence-electron chi connectivity index (χ3n) is 2.43. The number of nitrogens with one attached hydrogen (secondary N) is 2. The van der Waals surface area contributed by atoms with Gasteiger partial charge in [-0.2, -0.15) is 0 Å². The zero-order valence-corrected chi connectivity index (χ0v) is 12.7. The van der Waals surface area contributed by atoms with Crippen molar-refractivity contribution >= 4 is 44.8 Å². The van der Waals surface area contributed by atoms with Crippen LogP contribution >= 0.6 is 27.3 Å². The van der Waals surface area contributed by atoms with Gasteiger partial charge in [0.25, 0.3) is 17.5 Å². The number of thiophene rings is 1. The summed E-state index contributed by atoms with van der Waals surface area (Å²) in [6.45, 7) is 0. The maximum Gasteiger partial charge on any atom is 0.282 e. The van der Waals surface area contributed by atoms with Crippen LogP contribution in [0.4, 0.5) is 5.69 Å². The number of para-hydroxylation sites is 1. The van der Waals surface area contributed by atoms with Crippen LogP contribution in [0.1, 0.15) is 20.0 Å². The maximum atomic E-state index is 11.9. The van der Waals surface area contributed by atoms with E-state index in [2.05, 4.69) is 26.8 Å². The molecule has 0 aliphatic heterocycles. The molecule has 2 amide bonds. The molecule has 2 N–H and O–H groups in total. The van der Waals surface area contributed by atoms with Crippen molar-refractivity contribution < 1.29 is 14.5 Å². The highest BCUT2D eigenvalue weighted by Crippen LogP contribution is 2.21. The van der Waals surface area contributed by atoms with Gasteiger partial charge < -0.3 is 0 Å². The minimum Gasteiger partial charge on any atom is -0.267 e. The predicted molar refractivity (Wildman–Crippen MR) is 80.0 cm³/mol. The van der Waals surface area contributed by atoms with Gasteiger partial charge >= 0.3 is 0 Å². The fourth-order valence-corrected chi connectivity index (χ4v) is 2.78. The van der Waals surface area contributed by atoms with Gasteiger partial charge in [0.1, 0.15) is 5.56 Å². The van der Waals surface area contributed by atoms with Crippen molar-refractivity contribution in [3.8, 4) is 0 Å². The molecule has 1 aromatic carbocycles. The standard InChI is InChI=1S/C12H8BrN3O4S/c13-10-6-5-9(21-10)12(18)15-14-11(17)7-3-1-2-4-8(7)16(19)20/h1-6H,(H,14,17)(H,15,18). The van der Waals surface area contributed by atoms with Gasteiger partial charge in [0, 0.05) is 6.07 Å². The fraction of sp³-hybridized carbons (Fsp3) is 0. The summed E-state index contributed by atoms with van der Waals surface area (Å²) in [5, 5.41) is 10.8. The van der Waals surface area contributed by atoms with Crippen molar-refractivity contribution in [2.24, 2.45) is 0 Å². The van der Waals surface area contributed by atoms with E-state index < -0.39 is 16.7 Å². The van der Waals surface area contributed by atoms with Crippen LogP contribution < -0.4 is 10.9 Å². The van der Waals surface area contributed by atoms with Gasteiger partial charge in [-0.3, -0.25) is 30.6 Å². The van der Waals surface area contributed by atoms with Crippen molar-refractivity contribution in [3.63, 3.8) is 0 Å². The SMILES string of the molecule is O=C(NNC(=O)c1ccccc1[N+](=O)[O-])c1ccc(Br)s1. The normalized spacial score (nSPS) is 9.95. The molecule has 0 aliphatic carbocycles. The molecular weight excluding hydrogens is 362 g/mol. The van der Waals surface area contributed by atoms with Crippen LogP contribution in [0.2, 0.25) is 0 Å². The fourth-order valence-electron chi connectivity index (χ4n) is 1.50. The quantitative estimate of drug-likeness (QED) is 0.640. The number of halogens is 1. The van der Waals surface area contributed by atoms with Crippen molar-refractivity contribution in [2.45, 2.75) is 0 Å². The highest BCUT2D eigenvalue weighted by atomic mass is 79.9. The third kappa shape index (κ3) is 3.64. The lowest BCUT2D eigenvalue weighted by molar-refractivity contribution is -0.385. The molecule has 0 radical (unpaired) electrons. The number of carbonyl (C=O) groups excluding carboxylic acids is 2. The molecular formula is C12H8BrN3O4S. The van der Waals surface area contributed by atoms with Crippen molar-refractivity contribution in [2.75, 3.05) is 0 Å². The van der Waals surface area contributed by atoms with Crippen molar-refractivity contribution in [1.82, 2.24) is 10.9 Å². The number of hydrogen-bond donors (Lipinski definition) is 2. The maximum absolute atomic E-state index is 11.9. The van der Waals surface area contributed by atoms with E-state index in [1.807, 2.05) is 0 Å². The second kappa shape index (κ2) is 6.46. The lowest BCUT2D eigenvalue weighted by Crippen LogP contribution is -2.41. The average Bonchev–Trinajstić information content (AvgIpc) is 2.91. The first kappa shape index (κ1) is 15.1. The molecule has 7 nitrogen and oxygen atoms in total. The van der Waals surface area contributed by atoms with Gasteiger partial charge in [0.15, 0.2) is 0 Å². The molecule has 1 heterocycles. The Kier molecular flexibility index (Phi) is 4.66. The van der Waals surface area contributed by atoms with Gasteiger partial charge in [-0.25, -0.2) is 0 Å². The number of amides is 2. The molecule has 0 saturated carbocycles.